The van der Waals surface area contributed by atoms with Gasteiger partial charge >= 0.3 is 0 Å². The van der Waals surface area contributed by atoms with Gasteiger partial charge in [0.1, 0.15) is 0 Å². The molecule has 2 atom stereocenters. The van der Waals surface area contributed by atoms with Gasteiger partial charge in [0.05, 0.1) is 11.0 Å². The van der Waals surface area contributed by atoms with Gasteiger partial charge in [0, 0.05) is 31.4 Å². The van der Waals surface area contributed by atoms with E-state index in [1.54, 1.807) is 6.26 Å². The van der Waals surface area contributed by atoms with Gasteiger partial charge in [-0.1, -0.05) is 13.8 Å². The quantitative estimate of drug-likeness (QED) is 0.696. The molecule has 0 saturated carbocycles. The third kappa shape index (κ3) is 2.84. The van der Waals surface area contributed by atoms with E-state index in [1.807, 2.05) is 4.31 Å². The molecule has 0 radical (unpaired) electrons. The van der Waals surface area contributed by atoms with Crippen LogP contribution in [-0.4, -0.2) is 39.9 Å². The van der Waals surface area contributed by atoms with E-state index < -0.39 is 11.0 Å². The number of rotatable bonds is 3. The van der Waals surface area contributed by atoms with Crippen molar-refractivity contribution in [1.29, 1.82) is 0 Å². The van der Waals surface area contributed by atoms with E-state index in [0.717, 1.165) is 19.5 Å². The van der Waals surface area contributed by atoms with E-state index in [0.29, 0.717) is 12.1 Å². The van der Waals surface area contributed by atoms with Gasteiger partial charge in [-0.25, -0.2) is 8.51 Å². The highest BCUT2D eigenvalue weighted by molar-refractivity contribution is 7.81. The first-order valence-electron chi connectivity index (χ1n) is 4.44. The summed E-state index contributed by atoms with van der Waals surface area (Å²) in [6.45, 7) is 6.19. The topological polar surface area (TPSA) is 32.3 Å². The Morgan fingerprint density at radius 2 is 2.25 bits per heavy atom. The summed E-state index contributed by atoms with van der Waals surface area (Å²) < 4.78 is 13.1. The molecule has 72 valence electrons. The lowest BCUT2D eigenvalue weighted by atomic mass is 10.2. The van der Waals surface area contributed by atoms with Crippen LogP contribution < -0.4 is 5.32 Å². The summed E-state index contributed by atoms with van der Waals surface area (Å²) in [5.41, 5.74) is 0. The molecule has 0 amide bonds. The van der Waals surface area contributed by atoms with Crippen molar-refractivity contribution in [2.45, 2.75) is 32.4 Å². The van der Waals surface area contributed by atoms with Crippen LogP contribution in [0.1, 0.15) is 20.3 Å². The number of nitrogens with zero attached hydrogens (tertiary/aromatic N) is 1. The molecule has 12 heavy (non-hydrogen) atoms. The van der Waals surface area contributed by atoms with Crippen molar-refractivity contribution < 1.29 is 4.21 Å². The normalized spacial score (nSPS) is 28.2. The standard InChI is InChI=1S/C8H18N2OS/c1-7(2)9-8-4-5-10(6-8)12(3)11/h7-9H,4-6H2,1-3H3. The van der Waals surface area contributed by atoms with Crippen molar-refractivity contribution >= 4 is 11.0 Å². The largest absolute Gasteiger partial charge is 0.310 e. The van der Waals surface area contributed by atoms with Crippen molar-refractivity contribution in [3.63, 3.8) is 0 Å². The molecule has 1 aliphatic heterocycles. The number of nitrogens with one attached hydrogen (secondary N) is 1. The summed E-state index contributed by atoms with van der Waals surface area (Å²) >= 11 is 0. The summed E-state index contributed by atoms with van der Waals surface area (Å²) in [7, 11) is -0.783. The third-order valence-corrected chi connectivity index (χ3v) is 3.14. The SMILES string of the molecule is CC(C)NC1CCN(S(C)=O)C1. The summed E-state index contributed by atoms with van der Waals surface area (Å²) in [4.78, 5) is 0. The first-order chi connectivity index (χ1) is 5.59. The molecule has 1 fully saturated rings. The van der Waals surface area contributed by atoms with Gasteiger partial charge in [-0.05, 0) is 6.42 Å². The zero-order valence-electron chi connectivity index (χ0n) is 8.04. The highest BCUT2D eigenvalue weighted by atomic mass is 32.2. The highest BCUT2D eigenvalue weighted by Gasteiger charge is 2.24. The Bertz CT molecular complexity index is 172. The highest BCUT2D eigenvalue weighted by Crippen LogP contribution is 2.10. The molecule has 1 heterocycles. The maximum atomic E-state index is 11.1. The maximum Gasteiger partial charge on any atom is 0.0911 e. The fourth-order valence-corrected chi connectivity index (χ4v) is 2.32. The molecule has 0 spiro atoms. The third-order valence-electron chi connectivity index (χ3n) is 2.08. The zero-order valence-corrected chi connectivity index (χ0v) is 8.86. The first-order valence-corrected chi connectivity index (χ1v) is 5.95. The predicted octanol–water partition coefficient (Wildman–Crippen LogP) is 0.352. The Morgan fingerprint density at radius 1 is 1.58 bits per heavy atom. The molecule has 3 nitrogen and oxygen atoms in total. The van der Waals surface area contributed by atoms with E-state index in [1.165, 1.54) is 0 Å². The smallest absolute Gasteiger partial charge is 0.0911 e. The lowest BCUT2D eigenvalue weighted by Gasteiger charge is -2.16. The van der Waals surface area contributed by atoms with Crippen LogP contribution in [0, 0.1) is 0 Å². The fourth-order valence-electron chi connectivity index (χ4n) is 1.57. The molecule has 0 aromatic rings. The van der Waals surface area contributed by atoms with Gasteiger partial charge in [-0.15, -0.1) is 0 Å². The minimum Gasteiger partial charge on any atom is -0.310 e. The molecular weight excluding hydrogens is 172 g/mol. The Labute approximate surface area is 77.1 Å². The van der Waals surface area contributed by atoms with Crippen molar-refractivity contribution in [2.75, 3.05) is 19.3 Å². The van der Waals surface area contributed by atoms with Gasteiger partial charge in [0.2, 0.25) is 0 Å². The van der Waals surface area contributed by atoms with Crippen LogP contribution in [0.2, 0.25) is 0 Å². The minimum atomic E-state index is -0.783. The van der Waals surface area contributed by atoms with Crippen LogP contribution in [0.25, 0.3) is 0 Å². The van der Waals surface area contributed by atoms with E-state index in [-0.39, 0.29) is 0 Å². The van der Waals surface area contributed by atoms with Crippen LogP contribution in [0.5, 0.6) is 0 Å². The summed E-state index contributed by atoms with van der Waals surface area (Å²) in [5, 5.41) is 3.45. The Morgan fingerprint density at radius 3 is 2.67 bits per heavy atom. The molecule has 1 aliphatic rings. The molecule has 4 heteroatoms. The molecule has 1 saturated heterocycles. The fraction of sp³-hybridized carbons (Fsp3) is 1.00. The second-order valence-corrected chi connectivity index (χ2v) is 4.98. The number of hydrogen-bond acceptors (Lipinski definition) is 2. The van der Waals surface area contributed by atoms with Crippen LogP contribution in [0.15, 0.2) is 0 Å². The molecule has 0 bridgehead atoms. The summed E-state index contributed by atoms with van der Waals surface area (Å²) in [5.74, 6) is 0. The van der Waals surface area contributed by atoms with E-state index in [2.05, 4.69) is 19.2 Å². The minimum absolute atomic E-state index is 0.528. The number of hydrogen-bond donors (Lipinski definition) is 1. The second kappa shape index (κ2) is 4.35. The summed E-state index contributed by atoms with van der Waals surface area (Å²) in [6.07, 6.45) is 2.87. The van der Waals surface area contributed by atoms with Gasteiger partial charge in [0.15, 0.2) is 0 Å². The van der Waals surface area contributed by atoms with E-state index in [4.69, 9.17) is 0 Å². The second-order valence-electron chi connectivity index (χ2n) is 3.62. The van der Waals surface area contributed by atoms with Gasteiger partial charge in [0.25, 0.3) is 0 Å². The molecule has 1 rings (SSSR count). The van der Waals surface area contributed by atoms with Crippen LogP contribution in [-0.2, 0) is 11.0 Å². The molecule has 0 aromatic heterocycles. The average Bonchev–Trinajstić information content (AvgIpc) is 2.34. The molecule has 2 unspecified atom stereocenters. The Balaban J connectivity index is 2.30. The van der Waals surface area contributed by atoms with Crippen LogP contribution in [0.4, 0.5) is 0 Å². The van der Waals surface area contributed by atoms with Crippen molar-refractivity contribution in [1.82, 2.24) is 9.62 Å². The van der Waals surface area contributed by atoms with Gasteiger partial charge < -0.3 is 5.32 Å². The lowest BCUT2D eigenvalue weighted by molar-refractivity contribution is 0.461. The summed E-state index contributed by atoms with van der Waals surface area (Å²) in [6, 6.07) is 1.06. The van der Waals surface area contributed by atoms with Gasteiger partial charge in [-0.2, -0.15) is 0 Å². The monoisotopic (exact) mass is 190 g/mol. The predicted molar refractivity (Wildman–Crippen MR) is 52.3 cm³/mol. The molecule has 0 aromatic carbocycles. The zero-order chi connectivity index (χ0) is 9.14. The van der Waals surface area contributed by atoms with Crippen LogP contribution >= 0.6 is 0 Å². The van der Waals surface area contributed by atoms with Gasteiger partial charge in [-0.3, -0.25) is 0 Å². The van der Waals surface area contributed by atoms with E-state index >= 15 is 0 Å². The molecule has 1 N–H and O–H groups in total. The van der Waals surface area contributed by atoms with Crippen LogP contribution in [0.3, 0.4) is 0 Å². The molecule has 0 aliphatic carbocycles. The van der Waals surface area contributed by atoms with Crippen molar-refractivity contribution in [2.24, 2.45) is 0 Å². The Hall–Kier alpha value is 0.0700. The van der Waals surface area contributed by atoms with Crippen molar-refractivity contribution in [3.8, 4) is 0 Å². The lowest BCUT2D eigenvalue weighted by Crippen LogP contribution is -2.37. The van der Waals surface area contributed by atoms with Crippen molar-refractivity contribution in [3.05, 3.63) is 0 Å². The Kier molecular flexibility index (Phi) is 3.68. The maximum absolute atomic E-state index is 11.1. The average molecular weight is 190 g/mol. The molecular formula is C8H18N2OS. The van der Waals surface area contributed by atoms with E-state index in [9.17, 15) is 4.21 Å². The first kappa shape index (κ1) is 10.2.